The van der Waals surface area contributed by atoms with Crippen molar-refractivity contribution in [2.45, 2.75) is 38.4 Å². The molecule has 3 nitrogen and oxygen atoms in total. The maximum atomic E-state index is 9.58. The Hall–Kier alpha value is -0.120. The van der Waals surface area contributed by atoms with E-state index in [0.29, 0.717) is 25.6 Å². The predicted octanol–water partition coefficient (Wildman–Crippen LogP) is 1.20. The average molecular weight is 188 g/mol. The molecule has 1 aliphatic heterocycles. The zero-order chi connectivity index (χ0) is 9.90. The molecule has 0 aliphatic carbocycles. The van der Waals surface area contributed by atoms with E-state index in [1.54, 1.807) is 7.11 Å². The van der Waals surface area contributed by atoms with Gasteiger partial charge >= 0.3 is 0 Å². The van der Waals surface area contributed by atoms with Crippen molar-refractivity contribution in [3.05, 3.63) is 0 Å². The molecule has 2 unspecified atom stereocenters. The van der Waals surface area contributed by atoms with Gasteiger partial charge in [0, 0.05) is 20.1 Å². The molecule has 3 heteroatoms. The third kappa shape index (κ3) is 2.42. The normalized spacial score (nSPS) is 35.3. The second kappa shape index (κ2) is 4.40. The van der Waals surface area contributed by atoms with Gasteiger partial charge in [0.25, 0.3) is 0 Å². The number of aliphatic hydroxyl groups is 1. The van der Waals surface area contributed by atoms with Crippen LogP contribution in [0.4, 0.5) is 0 Å². The van der Waals surface area contributed by atoms with Gasteiger partial charge in [-0.3, -0.25) is 0 Å². The van der Waals surface area contributed by atoms with E-state index in [-0.39, 0.29) is 11.7 Å². The molecule has 0 bridgehead atoms. The molecule has 1 heterocycles. The lowest BCUT2D eigenvalue weighted by Crippen LogP contribution is -2.49. The Kier molecular flexibility index (Phi) is 3.71. The van der Waals surface area contributed by atoms with E-state index in [2.05, 4.69) is 13.8 Å². The molecule has 1 N–H and O–H groups in total. The average Bonchev–Trinajstić information content (AvgIpc) is 2.04. The Labute approximate surface area is 80.0 Å². The van der Waals surface area contributed by atoms with Crippen LogP contribution in [0.3, 0.4) is 0 Å². The van der Waals surface area contributed by atoms with Crippen molar-refractivity contribution in [2.75, 3.05) is 20.3 Å². The SMILES string of the molecule is COCC1(C(C)C)CC(O)CCO1. The number of aliphatic hydroxyl groups excluding tert-OH is 1. The molecule has 2 atom stereocenters. The number of rotatable bonds is 3. The van der Waals surface area contributed by atoms with Gasteiger partial charge in [0.05, 0.1) is 18.3 Å². The first-order valence-electron chi connectivity index (χ1n) is 4.91. The molecule has 0 aromatic rings. The first kappa shape index (κ1) is 11.0. The summed E-state index contributed by atoms with van der Waals surface area (Å²) in [4.78, 5) is 0. The van der Waals surface area contributed by atoms with Gasteiger partial charge < -0.3 is 14.6 Å². The Morgan fingerprint density at radius 3 is 2.77 bits per heavy atom. The summed E-state index contributed by atoms with van der Waals surface area (Å²) >= 11 is 0. The molecule has 0 aromatic carbocycles. The number of methoxy groups -OCH3 is 1. The smallest absolute Gasteiger partial charge is 0.0961 e. The Morgan fingerprint density at radius 2 is 2.31 bits per heavy atom. The van der Waals surface area contributed by atoms with Crippen molar-refractivity contribution < 1.29 is 14.6 Å². The fourth-order valence-corrected chi connectivity index (χ4v) is 1.87. The second-order valence-electron chi connectivity index (χ2n) is 4.15. The van der Waals surface area contributed by atoms with Gasteiger partial charge in [-0.1, -0.05) is 13.8 Å². The number of hydrogen-bond acceptors (Lipinski definition) is 3. The van der Waals surface area contributed by atoms with E-state index in [4.69, 9.17) is 9.47 Å². The van der Waals surface area contributed by atoms with E-state index in [9.17, 15) is 5.11 Å². The highest BCUT2D eigenvalue weighted by Crippen LogP contribution is 2.32. The molecule has 1 fully saturated rings. The monoisotopic (exact) mass is 188 g/mol. The van der Waals surface area contributed by atoms with Crippen LogP contribution >= 0.6 is 0 Å². The largest absolute Gasteiger partial charge is 0.393 e. The minimum Gasteiger partial charge on any atom is -0.393 e. The first-order chi connectivity index (χ1) is 6.10. The molecule has 1 aliphatic rings. The highest BCUT2D eigenvalue weighted by molar-refractivity contribution is 4.89. The third-order valence-corrected chi connectivity index (χ3v) is 2.86. The van der Waals surface area contributed by atoms with Crippen molar-refractivity contribution in [3.8, 4) is 0 Å². The van der Waals surface area contributed by atoms with Gasteiger partial charge in [0.1, 0.15) is 0 Å². The lowest BCUT2D eigenvalue weighted by atomic mass is 9.83. The summed E-state index contributed by atoms with van der Waals surface area (Å²) in [5.74, 6) is 0.377. The summed E-state index contributed by atoms with van der Waals surface area (Å²) in [6.45, 7) is 5.43. The minimum atomic E-state index is -0.271. The van der Waals surface area contributed by atoms with Gasteiger partial charge in [0.15, 0.2) is 0 Å². The summed E-state index contributed by atoms with van der Waals surface area (Å²) in [5.41, 5.74) is -0.271. The maximum absolute atomic E-state index is 9.58. The predicted molar refractivity (Wildman–Crippen MR) is 50.6 cm³/mol. The molecule has 1 saturated heterocycles. The molecule has 0 spiro atoms. The van der Waals surface area contributed by atoms with Crippen LogP contribution in [0, 0.1) is 5.92 Å². The van der Waals surface area contributed by atoms with Gasteiger partial charge in [-0.25, -0.2) is 0 Å². The molecule has 0 amide bonds. The standard InChI is InChI=1S/C10H20O3/c1-8(2)10(7-12-3)6-9(11)4-5-13-10/h8-9,11H,4-7H2,1-3H3. The van der Waals surface area contributed by atoms with E-state index >= 15 is 0 Å². The van der Waals surface area contributed by atoms with Crippen LogP contribution in [0.5, 0.6) is 0 Å². The Balaban J connectivity index is 2.64. The molecule has 0 aromatic heterocycles. The maximum Gasteiger partial charge on any atom is 0.0961 e. The highest BCUT2D eigenvalue weighted by atomic mass is 16.5. The van der Waals surface area contributed by atoms with Gasteiger partial charge in [-0.15, -0.1) is 0 Å². The van der Waals surface area contributed by atoms with Gasteiger partial charge in [-0.05, 0) is 12.3 Å². The van der Waals surface area contributed by atoms with Crippen LogP contribution < -0.4 is 0 Å². The first-order valence-corrected chi connectivity index (χ1v) is 4.91. The number of ether oxygens (including phenoxy) is 2. The summed E-state index contributed by atoms with van der Waals surface area (Å²) in [6, 6.07) is 0. The molecule has 78 valence electrons. The van der Waals surface area contributed by atoms with Crippen LogP contribution in [0.1, 0.15) is 26.7 Å². The minimum absolute atomic E-state index is 0.230. The lowest BCUT2D eigenvalue weighted by molar-refractivity contribution is -0.168. The van der Waals surface area contributed by atoms with Crippen molar-refractivity contribution in [1.82, 2.24) is 0 Å². The summed E-state index contributed by atoms with van der Waals surface area (Å²) in [6.07, 6.45) is 1.21. The second-order valence-corrected chi connectivity index (χ2v) is 4.15. The molecule has 1 rings (SSSR count). The Bertz CT molecular complexity index is 154. The summed E-state index contributed by atoms with van der Waals surface area (Å²) in [7, 11) is 1.68. The zero-order valence-corrected chi connectivity index (χ0v) is 8.75. The van der Waals surface area contributed by atoms with Crippen LogP contribution in [0.2, 0.25) is 0 Å². The van der Waals surface area contributed by atoms with E-state index < -0.39 is 0 Å². The van der Waals surface area contributed by atoms with Crippen molar-refractivity contribution in [2.24, 2.45) is 5.92 Å². The van der Waals surface area contributed by atoms with E-state index in [1.165, 1.54) is 0 Å². The van der Waals surface area contributed by atoms with Crippen molar-refractivity contribution in [3.63, 3.8) is 0 Å². The molecule has 0 radical (unpaired) electrons. The van der Waals surface area contributed by atoms with Crippen molar-refractivity contribution >= 4 is 0 Å². The van der Waals surface area contributed by atoms with Crippen LogP contribution in [-0.4, -0.2) is 37.1 Å². The van der Waals surface area contributed by atoms with Crippen LogP contribution in [0.15, 0.2) is 0 Å². The van der Waals surface area contributed by atoms with Crippen LogP contribution in [-0.2, 0) is 9.47 Å². The fraction of sp³-hybridized carbons (Fsp3) is 1.00. The third-order valence-electron chi connectivity index (χ3n) is 2.86. The summed E-state index contributed by atoms with van der Waals surface area (Å²) in [5, 5.41) is 9.58. The molecule has 0 saturated carbocycles. The Morgan fingerprint density at radius 1 is 1.62 bits per heavy atom. The topological polar surface area (TPSA) is 38.7 Å². The molecule has 13 heavy (non-hydrogen) atoms. The quantitative estimate of drug-likeness (QED) is 0.723. The van der Waals surface area contributed by atoms with E-state index in [1.807, 2.05) is 0 Å². The van der Waals surface area contributed by atoms with Gasteiger partial charge in [-0.2, -0.15) is 0 Å². The lowest BCUT2D eigenvalue weighted by Gasteiger charge is -2.42. The zero-order valence-electron chi connectivity index (χ0n) is 8.75. The molecular formula is C10H20O3. The molecular weight excluding hydrogens is 168 g/mol. The van der Waals surface area contributed by atoms with Crippen LogP contribution in [0.25, 0.3) is 0 Å². The highest BCUT2D eigenvalue weighted by Gasteiger charge is 2.39. The number of hydrogen-bond donors (Lipinski definition) is 1. The van der Waals surface area contributed by atoms with E-state index in [0.717, 1.165) is 6.42 Å². The van der Waals surface area contributed by atoms with Crippen molar-refractivity contribution in [1.29, 1.82) is 0 Å². The fourth-order valence-electron chi connectivity index (χ4n) is 1.87. The summed E-state index contributed by atoms with van der Waals surface area (Å²) < 4.78 is 10.9. The van der Waals surface area contributed by atoms with Gasteiger partial charge in [0.2, 0.25) is 0 Å².